The Balaban J connectivity index is 1.80. The lowest BCUT2D eigenvalue weighted by Crippen LogP contribution is -2.56. The minimum Gasteiger partial charge on any atom is -0.497 e. The van der Waals surface area contributed by atoms with Crippen LogP contribution < -0.4 is 9.47 Å². The number of aliphatic hydroxyl groups is 1. The molecule has 5 nitrogen and oxygen atoms in total. The molecule has 1 amide bonds. The van der Waals surface area contributed by atoms with E-state index in [2.05, 4.69) is 0 Å². The van der Waals surface area contributed by atoms with Crippen LogP contribution in [0, 0.1) is 11.7 Å². The number of carbonyl (C=O) groups is 1. The summed E-state index contributed by atoms with van der Waals surface area (Å²) in [5, 5.41) is 11.4. The van der Waals surface area contributed by atoms with Crippen LogP contribution in [0.15, 0.2) is 42.5 Å². The molecule has 1 saturated heterocycles. The van der Waals surface area contributed by atoms with Crippen LogP contribution in [0.4, 0.5) is 4.39 Å². The second-order valence-corrected chi connectivity index (χ2v) is 8.27. The summed E-state index contributed by atoms with van der Waals surface area (Å²) in [4.78, 5) is 15.2. The number of amides is 1. The molecule has 2 fully saturated rings. The lowest BCUT2D eigenvalue weighted by molar-refractivity contribution is -0.115. The van der Waals surface area contributed by atoms with E-state index in [4.69, 9.17) is 9.47 Å². The van der Waals surface area contributed by atoms with E-state index in [1.54, 1.807) is 37.3 Å². The highest BCUT2D eigenvalue weighted by atomic mass is 19.1. The van der Waals surface area contributed by atoms with Gasteiger partial charge in [0.25, 0.3) is 5.91 Å². The van der Waals surface area contributed by atoms with E-state index in [0.717, 1.165) is 31.2 Å². The summed E-state index contributed by atoms with van der Waals surface area (Å²) in [6, 6.07) is 11.0. The van der Waals surface area contributed by atoms with Crippen molar-refractivity contribution in [3.63, 3.8) is 0 Å². The van der Waals surface area contributed by atoms with Gasteiger partial charge in [0.2, 0.25) is 0 Å². The Bertz CT molecular complexity index is 933. The molecule has 2 aliphatic rings. The summed E-state index contributed by atoms with van der Waals surface area (Å²) >= 11 is 0. The summed E-state index contributed by atoms with van der Waals surface area (Å²) in [6.45, 7) is 0.405. The molecule has 4 rings (SSSR count). The van der Waals surface area contributed by atoms with Gasteiger partial charge in [-0.2, -0.15) is 0 Å². The molecular formula is C24H28FNO4. The number of halogens is 1. The number of nitrogens with zero attached hydrogens (tertiary/aromatic N) is 1. The molecule has 1 heterocycles. The molecule has 30 heavy (non-hydrogen) atoms. The molecular weight excluding hydrogens is 385 g/mol. The molecule has 2 aromatic carbocycles. The van der Waals surface area contributed by atoms with Gasteiger partial charge >= 0.3 is 0 Å². The van der Waals surface area contributed by atoms with E-state index in [0.29, 0.717) is 30.0 Å². The zero-order valence-electron chi connectivity index (χ0n) is 17.4. The van der Waals surface area contributed by atoms with Gasteiger partial charge in [-0.1, -0.05) is 18.9 Å². The summed E-state index contributed by atoms with van der Waals surface area (Å²) < 4.78 is 24.8. The van der Waals surface area contributed by atoms with Gasteiger partial charge in [-0.25, -0.2) is 4.39 Å². The molecule has 1 aliphatic heterocycles. The van der Waals surface area contributed by atoms with Crippen molar-refractivity contribution in [2.24, 2.45) is 5.92 Å². The van der Waals surface area contributed by atoms with Gasteiger partial charge in [0, 0.05) is 29.7 Å². The van der Waals surface area contributed by atoms with Crippen LogP contribution in [0.3, 0.4) is 0 Å². The fourth-order valence-corrected chi connectivity index (χ4v) is 5.14. The topological polar surface area (TPSA) is 59.0 Å². The first-order valence-corrected chi connectivity index (χ1v) is 10.5. The van der Waals surface area contributed by atoms with Crippen molar-refractivity contribution in [3.8, 4) is 11.5 Å². The van der Waals surface area contributed by atoms with Crippen LogP contribution in [-0.4, -0.2) is 42.3 Å². The second-order valence-electron chi connectivity index (χ2n) is 8.27. The Hall–Kier alpha value is -2.60. The highest BCUT2D eigenvalue weighted by molar-refractivity contribution is 5.94. The molecule has 6 heteroatoms. The van der Waals surface area contributed by atoms with Gasteiger partial charge in [-0.05, 0) is 49.6 Å². The third-order valence-electron chi connectivity index (χ3n) is 6.66. The molecule has 3 atom stereocenters. The zero-order valence-corrected chi connectivity index (χ0v) is 17.4. The number of hydrogen-bond acceptors (Lipinski definition) is 4. The van der Waals surface area contributed by atoms with Gasteiger partial charge in [-0.3, -0.25) is 4.79 Å². The first-order chi connectivity index (χ1) is 14.5. The van der Waals surface area contributed by atoms with Gasteiger partial charge in [-0.15, -0.1) is 0 Å². The van der Waals surface area contributed by atoms with Crippen molar-refractivity contribution < 1.29 is 23.8 Å². The van der Waals surface area contributed by atoms with Crippen LogP contribution in [-0.2, 0) is 0 Å². The highest BCUT2D eigenvalue weighted by Gasteiger charge is 2.51. The number of likely N-dealkylation sites (tertiary alicyclic amines) is 1. The average Bonchev–Trinajstić information content (AvgIpc) is 2.77. The average molecular weight is 413 g/mol. The van der Waals surface area contributed by atoms with E-state index < -0.39 is 11.4 Å². The predicted octanol–water partition coefficient (Wildman–Crippen LogP) is 4.35. The molecule has 2 aromatic rings. The fraction of sp³-hybridized carbons (Fsp3) is 0.458. The minimum absolute atomic E-state index is 0.111. The Morgan fingerprint density at radius 2 is 1.97 bits per heavy atom. The largest absolute Gasteiger partial charge is 0.497 e. The van der Waals surface area contributed by atoms with E-state index in [9.17, 15) is 14.3 Å². The van der Waals surface area contributed by atoms with Gasteiger partial charge in [0.15, 0.2) is 0 Å². The number of piperidine rings is 1. The van der Waals surface area contributed by atoms with Crippen molar-refractivity contribution >= 4 is 5.91 Å². The molecule has 0 aromatic heterocycles. The second kappa shape index (κ2) is 8.26. The summed E-state index contributed by atoms with van der Waals surface area (Å²) in [5.74, 6) is 0.495. The number of rotatable bonds is 4. The van der Waals surface area contributed by atoms with Gasteiger partial charge in [0.1, 0.15) is 17.3 Å². The lowest BCUT2D eigenvalue weighted by Gasteiger charge is -2.52. The minimum atomic E-state index is -0.813. The third-order valence-corrected chi connectivity index (χ3v) is 6.66. The van der Waals surface area contributed by atoms with E-state index in [-0.39, 0.29) is 17.9 Å². The van der Waals surface area contributed by atoms with Gasteiger partial charge < -0.3 is 19.5 Å². The Kier molecular flexibility index (Phi) is 5.69. The predicted molar refractivity (Wildman–Crippen MR) is 111 cm³/mol. The summed E-state index contributed by atoms with van der Waals surface area (Å²) in [6.07, 6.45) is 4.06. The number of methoxy groups -OCH3 is 2. The number of carbonyl (C=O) groups excluding carboxylic acids is 1. The molecule has 160 valence electrons. The normalized spacial score (nSPS) is 26.1. The van der Waals surface area contributed by atoms with Crippen LogP contribution >= 0.6 is 0 Å². The van der Waals surface area contributed by atoms with E-state index in [1.165, 1.54) is 12.1 Å². The number of fused-ring (bicyclic) bond motifs is 1. The Labute approximate surface area is 176 Å². The maximum absolute atomic E-state index is 13.8. The standard InChI is InChI=1S/C24H28FNO4/c1-29-18-9-10-19(21(15-18)30-2)22-20-8-3-4-11-24(20,28)12-13-26(22)23(27)16-6-5-7-17(25)14-16/h5-7,9-10,14-15,20,22,28H,3-4,8,11-13H2,1-2H3/t20-,22-,24-/m0/s1. The van der Waals surface area contributed by atoms with E-state index >= 15 is 0 Å². The van der Waals surface area contributed by atoms with Crippen LogP contribution in [0.5, 0.6) is 11.5 Å². The van der Waals surface area contributed by atoms with Crippen molar-refractivity contribution in [1.29, 1.82) is 0 Å². The molecule has 1 N–H and O–H groups in total. The lowest BCUT2D eigenvalue weighted by atomic mass is 9.66. The number of ether oxygens (including phenoxy) is 2. The monoisotopic (exact) mass is 413 g/mol. The van der Waals surface area contributed by atoms with Crippen molar-refractivity contribution in [3.05, 3.63) is 59.4 Å². The third kappa shape index (κ3) is 3.65. The van der Waals surface area contributed by atoms with Crippen molar-refractivity contribution in [2.75, 3.05) is 20.8 Å². The maximum Gasteiger partial charge on any atom is 0.254 e. The molecule has 0 radical (unpaired) electrons. The fourth-order valence-electron chi connectivity index (χ4n) is 5.14. The first kappa shape index (κ1) is 20.7. The number of benzene rings is 2. The molecule has 1 saturated carbocycles. The van der Waals surface area contributed by atoms with Crippen molar-refractivity contribution in [2.45, 2.75) is 43.7 Å². The van der Waals surface area contributed by atoms with Gasteiger partial charge in [0.05, 0.1) is 25.9 Å². The molecule has 0 unspecified atom stereocenters. The SMILES string of the molecule is COc1ccc([C@H]2[C@@H]3CCCC[C@]3(O)CCN2C(=O)c2cccc(F)c2)c(OC)c1. The van der Waals surface area contributed by atoms with Crippen LogP contribution in [0.25, 0.3) is 0 Å². The first-order valence-electron chi connectivity index (χ1n) is 10.5. The maximum atomic E-state index is 13.8. The smallest absolute Gasteiger partial charge is 0.254 e. The van der Waals surface area contributed by atoms with Crippen LogP contribution in [0.1, 0.15) is 54.1 Å². The number of hydrogen-bond donors (Lipinski definition) is 1. The van der Waals surface area contributed by atoms with Crippen LogP contribution in [0.2, 0.25) is 0 Å². The van der Waals surface area contributed by atoms with E-state index in [1.807, 2.05) is 12.1 Å². The zero-order chi connectivity index (χ0) is 21.3. The summed E-state index contributed by atoms with van der Waals surface area (Å²) in [5.41, 5.74) is 0.342. The Morgan fingerprint density at radius 3 is 2.70 bits per heavy atom. The van der Waals surface area contributed by atoms with Crippen molar-refractivity contribution in [1.82, 2.24) is 4.90 Å². The Morgan fingerprint density at radius 1 is 1.13 bits per heavy atom. The molecule has 0 bridgehead atoms. The summed E-state index contributed by atoms with van der Waals surface area (Å²) in [7, 11) is 3.18. The molecule has 0 spiro atoms. The molecule has 1 aliphatic carbocycles. The quantitative estimate of drug-likeness (QED) is 0.810. The highest BCUT2D eigenvalue weighted by Crippen LogP contribution is 2.51.